The molecule has 0 bridgehead atoms. The van der Waals surface area contributed by atoms with E-state index >= 15 is 0 Å². The highest BCUT2D eigenvalue weighted by Gasteiger charge is 2.17. The molecule has 1 rings (SSSR count). The van der Waals surface area contributed by atoms with E-state index in [9.17, 15) is 0 Å². The van der Waals surface area contributed by atoms with E-state index in [1.54, 1.807) is 0 Å². The Kier molecular flexibility index (Phi) is 4.61. The van der Waals surface area contributed by atoms with Gasteiger partial charge >= 0.3 is 0 Å². The zero-order chi connectivity index (χ0) is 13.1. The monoisotopic (exact) mass is 256 g/mol. The van der Waals surface area contributed by atoms with E-state index in [-0.39, 0.29) is 10.3 Å². The van der Waals surface area contributed by atoms with Crippen LogP contribution in [0.5, 0.6) is 0 Å². The third-order valence-electron chi connectivity index (χ3n) is 2.64. The van der Waals surface area contributed by atoms with E-state index < -0.39 is 0 Å². The maximum atomic E-state index is 4.17. The fourth-order valence-electron chi connectivity index (χ4n) is 1.27. The molecule has 0 saturated heterocycles. The number of nitrogens with zero attached hydrogens (tertiary/aromatic N) is 3. The standard InChI is InChI=1S/C12H24N4S/c1-11(2,3)16-8-10(14-15-16)7-13-9-12(4,5)17-6/h8,13H,7,9H2,1-6H3. The van der Waals surface area contributed by atoms with Crippen LogP contribution < -0.4 is 5.32 Å². The Morgan fingerprint density at radius 2 is 1.94 bits per heavy atom. The van der Waals surface area contributed by atoms with Crippen LogP contribution in [0.4, 0.5) is 0 Å². The van der Waals surface area contributed by atoms with Crippen LogP contribution in [0.15, 0.2) is 6.20 Å². The molecule has 0 unspecified atom stereocenters. The van der Waals surface area contributed by atoms with Gasteiger partial charge in [-0.05, 0) is 40.9 Å². The van der Waals surface area contributed by atoms with Gasteiger partial charge in [0.2, 0.25) is 0 Å². The van der Waals surface area contributed by atoms with E-state index in [1.165, 1.54) is 0 Å². The lowest BCUT2D eigenvalue weighted by molar-refractivity contribution is 0.347. The highest BCUT2D eigenvalue weighted by Crippen LogP contribution is 2.19. The third-order valence-corrected chi connectivity index (χ3v) is 3.89. The Morgan fingerprint density at radius 1 is 1.29 bits per heavy atom. The van der Waals surface area contributed by atoms with Crippen molar-refractivity contribution in [1.29, 1.82) is 0 Å². The summed E-state index contributed by atoms with van der Waals surface area (Å²) < 4.78 is 2.17. The molecule has 0 fully saturated rings. The van der Waals surface area contributed by atoms with E-state index in [1.807, 2.05) is 22.6 Å². The van der Waals surface area contributed by atoms with Crippen molar-refractivity contribution >= 4 is 11.8 Å². The van der Waals surface area contributed by atoms with Gasteiger partial charge < -0.3 is 5.32 Å². The molecule has 0 aliphatic rings. The van der Waals surface area contributed by atoms with Crippen molar-refractivity contribution in [2.24, 2.45) is 0 Å². The summed E-state index contributed by atoms with van der Waals surface area (Å²) in [6.07, 6.45) is 4.15. The Hall–Kier alpha value is -0.550. The first-order valence-corrected chi connectivity index (χ1v) is 7.15. The zero-order valence-electron chi connectivity index (χ0n) is 11.7. The van der Waals surface area contributed by atoms with Crippen molar-refractivity contribution < 1.29 is 0 Å². The molecule has 1 heterocycles. The molecule has 0 aromatic carbocycles. The van der Waals surface area contributed by atoms with Crippen molar-refractivity contribution in [3.8, 4) is 0 Å². The van der Waals surface area contributed by atoms with Crippen LogP contribution in [0.1, 0.15) is 40.3 Å². The van der Waals surface area contributed by atoms with Gasteiger partial charge in [-0.15, -0.1) is 5.10 Å². The molecule has 0 atom stereocenters. The van der Waals surface area contributed by atoms with Gasteiger partial charge in [-0.3, -0.25) is 0 Å². The normalized spacial score (nSPS) is 13.1. The number of hydrogen-bond donors (Lipinski definition) is 1. The Bertz CT molecular complexity index is 352. The van der Waals surface area contributed by atoms with E-state index in [0.29, 0.717) is 0 Å². The minimum atomic E-state index is 0.00376. The first-order valence-electron chi connectivity index (χ1n) is 5.92. The molecule has 0 aliphatic carbocycles. The van der Waals surface area contributed by atoms with Crippen molar-refractivity contribution in [3.05, 3.63) is 11.9 Å². The maximum Gasteiger partial charge on any atom is 0.0965 e. The van der Waals surface area contributed by atoms with Gasteiger partial charge in [0.05, 0.1) is 17.4 Å². The highest BCUT2D eigenvalue weighted by atomic mass is 32.2. The summed E-state index contributed by atoms with van der Waals surface area (Å²) in [4.78, 5) is 0. The number of nitrogens with one attached hydrogen (secondary N) is 1. The van der Waals surface area contributed by atoms with Crippen molar-refractivity contribution in [2.75, 3.05) is 12.8 Å². The third kappa shape index (κ3) is 4.68. The summed E-state index contributed by atoms with van der Waals surface area (Å²) in [5, 5.41) is 11.7. The van der Waals surface area contributed by atoms with Crippen molar-refractivity contribution in [1.82, 2.24) is 20.3 Å². The van der Waals surface area contributed by atoms with Gasteiger partial charge in [0, 0.05) is 17.8 Å². The largest absolute Gasteiger partial charge is 0.310 e. The Labute approximate surface area is 109 Å². The summed E-state index contributed by atoms with van der Waals surface area (Å²) in [5.74, 6) is 0. The quantitative estimate of drug-likeness (QED) is 0.877. The van der Waals surface area contributed by atoms with Gasteiger partial charge in [-0.1, -0.05) is 5.21 Å². The predicted octanol–water partition coefficient (Wildman–Crippen LogP) is 2.26. The highest BCUT2D eigenvalue weighted by molar-refractivity contribution is 7.99. The number of thioether (sulfide) groups is 1. The summed E-state index contributed by atoms with van der Waals surface area (Å²) >= 11 is 1.87. The molecule has 1 aromatic heterocycles. The smallest absolute Gasteiger partial charge is 0.0965 e. The topological polar surface area (TPSA) is 42.7 Å². The lowest BCUT2D eigenvalue weighted by atomic mass is 10.1. The number of aromatic nitrogens is 3. The van der Waals surface area contributed by atoms with Gasteiger partial charge in [0.1, 0.15) is 0 Å². The molecular weight excluding hydrogens is 232 g/mol. The van der Waals surface area contributed by atoms with Gasteiger partial charge in [-0.2, -0.15) is 11.8 Å². The molecule has 1 aromatic rings. The SMILES string of the molecule is CSC(C)(C)CNCc1cn(C(C)(C)C)nn1. The molecule has 1 N–H and O–H groups in total. The molecule has 4 nitrogen and oxygen atoms in total. The van der Waals surface area contributed by atoms with E-state index in [2.05, 4.69) is 56.5 Å². The molecule has 0 spiro atoms. The molecule has 5 heteroatoms. The average Bonchev–Trinajstić information content (AvgIpc) is 2.66. The second-order valence-corrected chi connectivity index (χ2v) is 7.41. The van der Waals surface area contributed by atoms with Crippen LogP contribution in [0.2, 0.25) is 0 Å². The lowest BCUT2D eigenvalue weighted by Gasteiger charge is -2.21. The minimum Gasteiger partial charge on any atom is -0.310 e. The zero-order valence-corrected chi connectivity index (χ0v) is 12.6. The van der Waals surface area contributed by atoms with Crippen LogP contribution in [0.3, 0.4) is 0 Å². The number of rotatable bonds is 5. The molecule has 0 aliphatic heterocycles. The average molecular weight is 256 g/mol. The molecule has 17 heavy (non-hydrogen) atoms. The molecule has 0 amide bonds. The summed E-state index contributed by atoms with van der Waals surface area (Å²) in [7, 11) is 0. The second kappa shape index (κ2) is 5.40. The van der Waals surface area contributed by atoms with Crippen LogP contribution >= 0.6 is 11.8 Å². The van der Waals surface area contributed by atoms with E-state index in [0.717, 1.165) is 18.8 Å². The second-order valence-electron chi connectivity index (χ2n) is 5.89. The van der Waals surface area contributed by atoms with Crippen LogP contribution in [-0.4, -0.2) is 32.5 Å². The van der Waals surface area contributed by atoms with Gasteiger partial charge in [0.25, 0.3) is 0 Å². The fourth-order valence-corrected chi connectivity index (χ4v) is 1.52. The summed E-state index contributed by atoms with van der Waals surface area (Å²) in [6.45, 7) is 12.6. The van der Waals surface area contributed by atoms with E-state index in [4.69, 9.17) is 0 Å². The number of hydrogen-bond acceptors (Lipinski definition) is 4. The van der Waals surface area contributed by atoms with Crippen molar-refractivity contribution in [2.45, 2.75) is 51.4 Å². The molecule has 0 saturated carbocycles. The summed E-state index contributed by atoms with van der Waals surface area (Å²) in [6, 6.07) is 0. The van der Waals surface area contributed by atoms with Crippen LogP contribution in [-0.2, 0) is 12.1 Å². The van der Waals surface area contributed by atoms with Gasteiger partial charge in [-0.25, -0.2) is 4.68 Å². The van der Waals surface area contributed by atoms with Gasteiger partial charge in [0.15, 0.2) is 0 Å². The molecule has 0 radical (unpaired) electrons. The summed E-state index contributed by atoms with van der Waals surface area (Å²) in [5.41, 5.74) is 1.00. The lowest BCUT2D eigenvalue weighted by Crippen LogP contribution is -2.31. The van der Waals surface area contributed by atoms with Crippen LogP contribution in [0, 0.1) is 0 Å². The Morgan fingerprint density at radius 3 is 2.41 bits per heavy atom. The fraction of sp³-hybridized carbons (Fsp3) is 0.833. The molecular formula is C12H24N4S. The first kappa shape index (κ1) is 14.5. The Balaban J connectivity index is 2.46. The van der Waals surface area contributed by atoms with Crippen molar-refractivity contribution in [3.63, 3.8) is 0 Å². The van der Waals surface area contributed by atoms with Crippen LogP contribution in [0.25, 0.3) is 0 Å². The maximum absolute atomic E-state index is 4.17. The molecule has 98 valence electrons. The predicted molar refractivity (Wildman–Crippen MR) is 74.3 cm³/mol. The minimum absolute atomic E-state index is 0.00376. The first-order chi connectivity index (χ1) is 7.74.